The quantitative estimate of drug-likeness (QED) is 0.827. The highest BCUT2D eigenvalue weighted by molar-refractivity contribution is 6.17. The summed E-state index contributed by atoms with van der Waals surface area (Å²) in [6.45, 7) is 3.56. The third kappa shape index (κ3) is 1.85. The van der Waals surface area contributed by atoms with Crippen LogP contribution in [0.5, 0.6) is 0 Å². The number of hydrogen-bond donors (Lipinski definition) is 2. The lowest BCUT2D eigenvalue weighted by molar-refractivity contribution is -0.123. The van der Waals surface area contributed by atoms with Gasteiger partial charge in [0.05, 0.1) is 5.56 Å². The summed E-state index contributed by atoms with van der Waals surface area (Å²) in [6.07, 6.45) is 2.01. The average molecular weight is 247 g/mol. The summed E-state index contributed by atoms with van der Waals surface area (Å²) in [7, 11) is 0. The fourth-order valence-electron chi connectivity index (χ4n) is 1.69. The molecule has 0 spiro atoms. The smallest absolute Gasteiger partial charge is 0.338 e. The second-order valence-corrected chi connectivity index (χ2v) is 4.25. The molecule has 6 heteroatoms. The van der Waals surface area contributed by atoms with Crippen molar-refractivity contribution < 1.29 is 14.7 Å². The zero-order valence-corrected chi connectivity index (χ0v) is 10.1. The largest absolute Gasteiger partial charge is 0.478 e. The molecule has 2 N–H and O–H groups in total. The lowest BCUT2D eigenvalue weighted by Crippen LogP contribution is -2.37. The van der Waals surface area contributed by atoms with E-state index in [1.54, 1.807) is 6.92 Å². The van der Waals surface area contributed by atoms with Gasteiger partial charge >= 0.3 is 5.97 Å². The molecule has 1 aliphatic rings. The van der Waals surface area contributed by atoms with E-state index in [1.807, 2.05) is 6.92 Å². The van der Waals surface area contributed by atoms with Crippen molar-refractivity contribution in [2.24, 2.45) is 4.99 Å². The molecule has 0 radical (unpaired) electrons. The number of hydrogen-bond acceptors (Lipinski definition) is 4. The predicted octanol–water partition coefficient (Wildman–Crippen LogP) is 0.825. The number of pyridine rings is 1. The number of amidine groups is 1. The van der Waals surface area contributed by atoms with Crippen molar-refractivity contribution >= 4 is 17.7 Å². The van der Waals surface area contributed by atoms with Crippen molar-refractivity contribution in [1.82, 2.24) is 10.3 Å². The number of nitrogens with zero attached hydrogens (tertiary/aromatic N) is 2. The molecule has 0 saturated carbocycles. The fraction of sp³-hybridized carbons (Fsp3) is 0.333. The molecule has 18 heavy (non-hydrogen) atoms. The summed E-state index contributed by atoms with van der Waals surface area (Å²) in [4.78, 5) is 31.1. The first-order valence-electron chi connectivity index (χ1n) is 5.58. The van der Waals surface area contributed by atoms with Gasteiger partial charge in [-0.1, -0.05) is 6.92 Å². The van der Waals surface area contributed by atoms with Gasteiger partial charge in [0.25, 0.3) is 5.91 Å². The summed E-state index contributed by atoms with van der Waals surface area (Å²) in [5.41, 5.74) is -0.629. The second-order valence-electron chi connectivity index (χ2n) is 4.25. The van der Waals surface area contributed by atoms with Crippen LogP contribution < -0.4 is 5.32 Å². The molecule has 1 amide bonds. The minimum Gasteiger partial charge on any atom is -0.478 e. The van der Waals surface area contributed by atoms with Gasteiger partial charge < -0.3 is 10.4 Å². The molecule has 0 bridgehead atoms. The molecule has 6 nitrogen and oxygen atoms in total. The van der Waals surface area contributed by atoms with E-state index in [2.05, 4.69) is 15.3 Å². The van der Waals surface area contributed by atoms with Gasteiger partial charge in [0.2, 0.25) is 0 Å². The van der Waals surface area contributed by atoms with Crippen molar-refractivity contribution in [2.45, 2.75) is 25.8 Å². The molecular formula is C12H13N3O3. The van der Waals surface area contributed by atoms with Crippen LogP contribution in [0.4, 0.5) is 0 Å². The number of aromatic carboxylic acids is 1. The Kier molecular flexibility index (Phi) is 2.86. The zero-order chi connectivity index (χ0) is 13.3. The molecule has 1 atom stereocenters. The van der Waals surface area contributed by atoms with E-state index < -0.39 is 11.5 Å². The number of aromatic nitrogens is 1. The Morgan fingerprint density at radius 3 is 2.83 bits per heavy atom. The van der Waals surface area contributed by atoms with Crippen LogP contribution in [0.15, 0.2) is 23.3 Å². The van der Waals surface area contributed by atoms with Crippen molar-refractivity contribution in [1.29, 1.82) is 0 Å². The number of aliphatic imine (C=N–C) groups is 1. The van der Waals surface area contributed by atoms with E-state index in [0.717, 1.165) is 0 Å². The Bertz CT molecular complexity index is 553. The maximum atomic E-state index is 11.8. The van der Waals surface area contributed by atoms with Crippen molar-refractivity contribution in [3.8, 4) is 0 Å². The third-order valence-corrected chi connectivity index (χ3v) is 3.03. The molecule has 1 aliphatic heterocycles. The number of carbonyl (C=O) groups is 2. The summed E-state index contributed by atoms with van der Waals surface area (Å²) in [5.74, 6) is -1.11. The lowest BCUT2D eigenvalue weighted by Gasteiger charge is -2.13. The molecule has 0 saturated heterocycles. The summed E-state index contributed by atoms with van der Waals surface area (Å²) in [6, 6.07) is 2.96. The van der Waals surface area contributed by atoms with Crippen LogP contribution in [0.1, 0.15) is 36.3 Å². The van der Waals surface area contributed by atoms with Crippen LogP contribution in [-0.2, 0) is 4.79 Å². The number of nitrogens with one attached hydrogen (secondary N) is 1. The van der Waals surface area contributed by atoms with E-state index in [1.165, 1.54) is 18.3 Å². The average Bonchev–Trinajstić information content (AvgIpc) is 2.66. The van der Waals surface area contributed by atoms with E-state index in [4.69, 9.17) is 5.11 Å². The highest BCUT2D eigenvalue weighted by Gasteiger charge is 2.38. The number of carboxylic acid groups (broad SMARTS) is 1. The van der Waals surface area contributed by atoms with Gasteiger partial charge in [-0.3, -0.25) is 9.78 Å². The summed E-state index contributed by atoms with van der Waals surface area (Å²) in [5, 5.41) is 11.7. The van der Waals surface area contributed by atoms with Crippen LogP contribution >= 0.6 is 0 Å². The number of amides is 1. The van der Waals surface area contributed by atoms with Crippen LogP contribution in [0.25, 0.3) is 0 Å². The van der Waals surface area contributed by atoms with Gasteiger partial charge in [-0.15, -0.1) is 0 Å². The highest BCUT2D eigenvalue weighted by atomic mass is 16.4. The van der Waals surface area contributed by atoms with Crippen LogP contribution in [0.3, 0.4) is 0 Å². The Morgan fingerprint density at radius 2 is 2.28 bits per heavy atom. The summed E-state index contributed by atoms with van der Waals surface area (Å²) >= 11 is 0. The Hall–Kier alpha value is -2.24. The minimum absolute atomic E-state index is 0.0249. The fourth-order valence-corrected chi connectivity index (χ4v) is 1.69. The standard InChI is InChI=1S/C12H13N3O3/c1-3-12(2)11(18)14-9(15-12)8-7(10(16)17)5-4-6-13-8/h4-6H,3H2,1-2H3,(H,16,17)(H,14,15,18)/t12-/m1/s1. The maximum Gasteiger partial charge on any atom is 0.338 e. The summed E-state index contributed by atoms with van der Waals surface area (Å²) < 4.78 is 0. The Morgan fingerprint density at radius 1 is 1.56 bits per heavy atom. The second kappa shape index (κ2) is 4.21. The van der Waals surface area contributed by atoms with Crippen LogP contribution in [0.2, 0.25) is 0 Å². The zero-order valence-electron chi connectivity index (χ0n) is 10.1. The van der Waals surface area contributed by atoms with Crippen molar-refractivity contribution in [3.63, 3.8) is 0 Å². The van der Waals surface area contributed by atoms with Crippen molar-refractivity contribution in [3.05, 3.63) is 29.6 Å². The first kappa shape index (κ1) is 12.2. The third-order valence-electron chi connectivity index (χ3n) is 3.03. The maximum absolute atomic E-state index is 11.8. The van der Waals surface area contributed by atoms with E-state index >= 15 is 0 Å². The first-order valence-corrected chi connectivity index (χ1v) is 5.58. The topological polar surface area (TPSA) is 91.7 Å². The number of carbonyl (C=O) groups excluding carboxylic acids is 1. The van der Waals surface area contributed by atoms with Gasteiger partial charge in [-0.05, 0) is 25.5 Å². The molecular weight excluding hydrogens is 234 g/mol. The highest BCUT2D eigenvalue weighted by Crippen LogP contribution is 2.22. The van der Waals surface area contributed by atoms with Gasteiger partial charge in [0.1, 0.15) is 11.2 Å². The van der Waals surface area contributed by atoms with E-state index in [-0.39, 0.29) is 23.0 Å². The van der Waals surface area contributed by atoms with Gasteiger partial charge in [0.15, 0.2) is 5.84 Å². The predicted molar refractivity (Wildman–Crippen MR) is 64.6 cm³/mol. The molecule has 2 rings (SSSR count). The molecule has 1 aromatic heterocycles. The number of rotatable bonds is 3. The van der Waals surface area contributed by atoms with Gasteiger partial charge in [-0.25, -0.2) is 9.79 Å². The minimum atomic E-state index is -1.10. The molecule has 0 aromatic carbocycles. The Labute approximate surface area is 104 Å². The van der Waals surface area contributed by atoms with Gasteiger partial charge in [0, 0.05) is 6.20 Å². The lowest BCUT2D eigenvalue weighted by atomic mass is 10.0. The molecule has 1 aromatic rings. The SMILES string of the molecule is CC[C@@]1(C)N=C(c2ncccc2C(=O)O)NC1=O. The molecule has 0 fully saturated rings. The van der Waals surface area contributed by atoms with Crippen LogP contribution in [0, 0.1) is 0 Å². The van der Waals surface area contributed by atoms with E-state index in [0.29, 0.717) is 6.42 Å². The van der Waals surface area contributed by atoms with E-state index in [9.17, 15) is 9.59 Å². The molecule has 0 unspecified atom stereocenters. The number of carboxylic acids is 1. The Balaban J connectivity index is 2.49. The first-order chi connectivity index (χ1) is 8.48. The van der Waals surface area contributed by atoms with Gasteiger partial charge in [-0.2, -0.15) is 0 Å². The molecule has 94 valence electrons. The molecule has 0 aliphatic carbocycles. The normalized spacial score (nSPS) is 22.6. The van der Waals surface area contributed by atoms with Crippen LogP contribution in [-0.4, -0.2) is 33.3 Å². The van der Waals surface area contributed by atoms with Crippen molar-refractivity contribution in [2.75, 3.05) is 0 Å². The molecule has 2 heterocycles. The monoisotopic (exact) mass is 247 g/mol.